The molecule has 0 fully saturated rings. The zero-order chi connectivity index (χ0) is 15.5. The van der Waals surface area contributed by atoms with Gasteiger partial charge in [0.25, 0.3) is 0 Å². The molecule has 0 aliphatic carbocycles. The number of nitrogens with zero attached hydrogens (tertiary/aromatic N) is 2. The van der Waals surface area contributed by atoms with E-state index in [1.165, 1.54) is 4.31 Å². The Balaban J connectivity index is 3.30. The van der Waals surface area contributed by atoms with Crippen molar-refractivity contribution >= 4 is 15.9 Å². The second-order valence-corrected chi connectivity index (χ2v) is 6.86. The lowest BCUT2D eigenvalue weighted by atomic mass is 10.2. The Morgan fingerprint density at radius 2 is 2.00 bits per heavy atom. The third kappa shape index (κ3) is 3.49. The summed E-state index contributed by atoms with van der Waals surface area (Å²) in [7, 11) is -3.69. The van der Waals surface area contributed by atoms with Crippen molar-refractivity contribution in [2.24, 2.45) is 10.9 Å². The molecule has 0 spiro atoms. The molecule has 0 aromatic heterocycles. The van der Waals surface area contributed by atoms with E-state index >= 15 is 0 Å². The number of benzene rings is 1. The lowest BCUT2D eigenvalue weighted by Crippen LogP contribution is -2.43. The smallest absolute Gasteiger partial charge is 0.243 e. The summed E-state index contributed by atoms with van der Waals surface area (Å²) < 4.78 is 26.6. The molecular formula is C13H21N3O3S. The van der Waals surface area contributed by atoms with Gasteiger partial charge in [0, 0.05) is 6.04 Å². The maximum Gasteiger partial charge on any atom is 0.243 e. The van der Waals surface area contributed by atoms with Crippen molar-refractivity contribution in [1.82, 2.24) is 4.31 Å². The van der Waals surface area contributed by atoms with E-state index in [1.807, 2.05) is 13.0 Å². The maximum atomic E-state index is 12.7. The van der Waals surface area contributed by atoms with Crippen LogP contribution in [0.4, 0.5) is 0 Å². The molecule has 0 amide bonds. The molecule has 0 aliphatic rings. The minimum absolute atomic E-state index is 0.146. The molecule has 3 N–H and O–H groups in total. The van der Waals surface area contributed by atoms with E-state index in [0.717, 1.165) is 5.56 Å². The van der Waals surface area contributed by atoms with E-state index in [0.29, 0.717) is 5.56 Å². The molecule has 1 aromatic carbocycles. The molecule has 0 aliphatic heterocycles. The minimum atomic E-state index is -3.69. The molecular weight excluding hydrogens is 278 g/mol. The fourth-order valence-electron chi connectivity index (χ4n) is 1.95. The van der Waals surface area contributed by atoms with Crippen LogP contribution in [-0.2, 0) is 10.0 Å². The molecule has 112 valence electrons. The second kappa shape index (κ2) is 6.23. The molecule has 0 heterocycles. The number of sulfonamides is 1. The third-order valence-electron chi connectivity index (χ3n) is 2.94. The molecule has 1 rings (SSSR count). The standard InChI is InChI=1S/C13H21N3O3S/c1-9(2)16(8-13(14)15-17)20(18,19)12-6-5-10(3)7-11(12)4/h5-7,9,17H,8H2,1-4H3,(H2,14,15). The topological polar surface area (TPSA) is 96.0 Å². The molecule has 0 unspecified atom stereocenters. The summed E-state index contributed by atoms with van der Waals surface area (Å²) in [5, 5.41) is 11.5. The van der Waals surface area contributed by atoms with Crippen LogP contribution in [0.3, 0.4) is 0 Å². The average molecular weight is 299 g/mol. The van der Waals surface area contributed by atoms with E-state index in [-0.39, 0.29) is 23.3 Å². The first-order valence-electron chi connectivity index (χ1n) is 6.25. The van der Waals surface area contributed by atoms with Crippen LogP contribution < -0.4 is 5.73 Å². The Hall–Kier alpha value is -1.60. The quantitative estimate of drug-likeness (QED) is 0.372. The molecule has 1 aromatic rings. The molecule has 7 heteroatoms. The number of aryl methyl sites for hydroxylation is 2. The lowest BCUT2D eigenvalue weighted by molar-refractivity contribution is 0.312. The SMILES string of the molecule is Cc1ccc(S(=O)(=O)N(CC(N)=NO)C(C)C)c(C)c1. The Kier molecular flexibility index (Phi) is 5.13. The van der Waals surface area contributed by atoms with Crippen molar-refractivity contribution in [2.45, 2.75) is 38.6 Å². The highest BCUT2D eigenvalue weighted by molar-refractivity contribution is 7.89. The fraction of sp³-hybridized carbons (Fsp3) is 0.462. The van der Waals surface area contributed by atoms with Gasteiger partial charge in [0.2, 0.25) is 10.0 Å². The summed E-state index contributed by atoms with van der Waals surface area (Å²) in [6.45, 7) is 6.99. The van der Waals surface area contributed by atoms with Gasteiger partial charge in [0.05, 0.1) is 11.4 Å². The molecule has 0 bridgehead atoms. The van der Waals surface area contributed by atoms with Crippen LogP contribution in [0.5, 0.6) is 0 Å². The van der Waals surface area contributed by atoms with Crippen LogP contribution in [0, 0.1) is 13.8 Å². The van der Waals surface area contributed by atoms with Gasteiger partial charge in [-0.1, -0.05) is 22.9 Å². The highest BCUT2D eigenvalue weighted by atomic mass is 32.2. The van der Waals surface area contributed by atoms with Gasteiger partial charge in [0.1, 0.15) is 0 Å². The summed E-state index contributed by atoms with van der Waals surface area (Å²) in [5.41, 5.74) is 7.11. The normalized spacial score (nSPS) is 13.2. The van der Waals surface area contributed by atoms with E-state index in [2.05, 4.69) is 5.16 Å². The van der Waals surface area contributed by atoms with Gasteiger partial charge in [-0.2, -0.15) is 4.31 Å². The van der Waals surface area contributed by atoms with Gasteiger partial charge < -0.3 is 10.9 Å². The van der Waals surface area contributed by atoms with Crippen molar-refractivity contribution in [1.29, 1.82) is 0 Å². The zero-order valence-electron chi connectivity index (χ0n) is 12.2. The maximum absolute atomic E-state index is 12.7. The number of hydrogen-bond acceptors (Lipinski definition) is 4. The number of amidine groups is 1. The van der Waals surface area contributed by atoms with Crippen molar-refractivity contribution in [3.8, 4) is 0 Å². The Morgan fingerprint density at radius 1 is 1.40 bits per heavy atom. The summed E-state index contributed by atoms with van der Waals surface area (Å²) >= 11 is 0. The molecule has 0 saturated heterocycles. The molecule has 20 heavy (non-hydrogen) atoms. The largest absolute Gasteiger partial charge is 0.409 e. The lowest BCUT2D eigenvalue weighted by Gasteiger charge is -2.26. The van der Waals surface area contributed by atoms with Crippen molar-refractivity contribution in [3.63, 3.8) is 0 Å². The number of oxime groups is 1. The summed E-state index contributed by atoms with van der Waals surface area (Å²) in [6, 6.07) is 4.85. The number of rotatable bonds is 5. The van der Waals surface area contributed by atoms with E-state index < -0.39 is 10.0 Å². The molecule has 0 saturated carbocycles. The zero-order valence-corrected chi connectivity index (χ0v) is 13.0. The van der Waals surface area contributed by atoms with Gasteiger partial charge in [-0.25, -0.2) is 8.42 Å². The first-order chi connectivity index (χ1) is 9.20. The minimum Gasteiger partial charge on any atom is -0.409 e. The first-order valence-corrected chi connectivity index (χ1v) is 7.69. The first kappa shape index (κ1) is 16.5. The fourth-order valence-corrected chi connectivity index (χ4v) is 3.77. The molecule has 0 radical (unpaired) electrons. The van der Waals surface area contributed by atoms with Crippen LogP contribution in [0.25, 0.3) is 0 Å². The van der Waals surface area contributed by atoms with Crippen LogP contribution in [0.1, 0.15) is 25.0 Å². The van der Waals surface area contributed by atoms with Crippen LogP contribution in [0.15, 0.2) is 28.3 Å². The van der Waals surface area contributed by atoms with Gasteiger partial charge in [0.15, 0.2) is 5.84 Å². The summed E-state index contributed by atoms with van der Waals surface area (Å²) in [4.78, 5) is 0.238. The van der Waals surface area contributed by atoms with Gasteiger partial charge in [-0.15, -0.1) is 0 Å². The highest BCUT2D eigenvalue weighted by Crippen LogP contribution is 2.22. The van der Waals surface area contributed by atoms with Gasteiger partial charge >= 0.3 is 0 Å². The van der Waals surface area contributed by atoms with Crippen LogP contribution in [0.2, 0.25) is 0 Å². The molecule has 6 nitrogen and oxygen atoms in total. The van der Waals surface area contributed by atoms with Gasteiger partial charge in [-0.3, -0.25) is 0 Å². The van der Waals surface area contributed by atoms with E-state index in [9.17, 15) is 8.42 Å². The highest BCUT2D eigenvalue weighted by Gasteiger charge is 2.29. The van der Waals surface area contributed by atoms with Crippen molar-refractivity contribution in [3.05, 3.63) is 29.3 Å². The van der Waals surface area contributed by atoms with Crippen LogP contribution in [-0.4, -0.2) is 36.4 Å². The van der Waals surface area contributed by atoms with Crippen molar-refractivity contribution < 1.29 is 13.6 Å². The Morgan fingerprint density at radius 3 is 2.45 bits per heavy atom. The number of nitrogens with two attached hydrogens (primary N) is 1. The van der Waals surface area contributed by atoms with E-state index in [1.54, 1.807) is 32.9 Å². The predicted molar refractivity (Wildman–Crippen MR) is 78.4 cm³/mol. The third-order valence-corrected chi connectivity index (χ3v) is 5.12. The summed E-state index contributed by atoms with van der Waals surface area (Å²) in [5.74, 6) is -0.146. The second-order valence-electron chi connectivity index (χ2n) is 5.00. The summed E-state index contributed by atoms with van der Waals surface area (Å²) in [6.07, 6.45) is 0. The Labute approximate surface area is 119 Å². The predicted octanol–water partition coefficient (Wildman–Crippen LogP) is 1.45. The van der Waals surface area contributed by atoms with Crippen LogP contribution >= 0.6 is 0 Å². The Bertz CT molecular complexity index is 609. The number of hydrogen-bond donors (Lipinski definition) is 2. The van der Waals surface area contributed by atoms with E-state index in [4.69, 9.17) is 10.9 Å². The monoisotopic (exact) mass is 299 g/mol. The molecule has 0 atom stereocenters. The van der Waals surface area contributed by atoms with Crippen molar-refractivity contribution in [2.75, 3.05) is 6.54 Å². The van der Waals surface area contributed by atoms with Gasteiger partial charge in [-0.05, 0) is 39.3 Å². The average Bonchev–Trinajstić information content (AvgIpc) is 2.34.